The fraction of sp³-hybridized carbons (Fsp3) is 0.500. The van der Waals surface area contributed by atoms with Gasteiger partial charge in [0, 0.05) is 23.3 Å². The minimum Gasteiger partial charge on any atom is -0.381 e. The molecule has 0 saturated carbocycles. The van der Waals surface area contributed by atoms with Crippen LogP contribution >= 0.6 is 34.2 Å². The molecule has 2 heterocycles. The van der Waals surface area contributed by atoms with Crippen molar-refractivity contribution in [3.05, 3.63) is 27.6 Å². The van der Waals surface area contributed by atoms with Crippen molar-refractivity contribution < 1.29 is 4.74 Å². The number of alkyl halides is 1. The number of hydrogen-bond acceptors (Lipinski definition) is 2. The lowest BCUT2D eigenvalue weighted by atomic mass is 10.1. The Balaban J connectivity index is 1.87. The summed E-state index contributed by atoms with van der Waals surface area (Å²) in [4.78, 5) is 4.63. The Hall–Kier alpha value is -0.330. The summed E-state index contributed by atoms with van der Waals surface area (Å²) in [6.45, 7) is 2.80. The molecule has 1 aromatic heterocycles. The second-order valence-corrected chi connectivity index (χ2v) is 6.48. The van der Waals surface area contributed by atoms with Gasteiger partial charge in [0.15, 0.2) is 0 Å². The van der Waals surface area contributed by atoms with Gasteiger partial charge in [0.2, 0.25) is 0 Å². The van der Waals surface area contributed by atoms with Crippen molar-refractivity contribution in [2.45, 2.75) is 25.3 Å². The van der Waals surface area contributed by atoms with E-state index in [9.17, 15) is 0 Å². The number of hydrogen-bond donors (Lipinski definition) is 0. The number of aromatic nitrogens is 2. The summed E-state index contributed by atoms with van der Waals surface area (Å²) in [5.74, 6) is 2.12. The zero-order valence-electron chi connectivity index (χ0n) is 10.6. The van der Waals surface area contributed by atoms with Crippen LogP contribution in [0.2, 0.25) is 0 Å². The largest absolute Gasteiger partial charge is 0.381 e. The summed E-state index contributed by atoms with van der Waals surface area (Å²) < 4.78 is 8.90. The summed E-state index contributed by atoms with van der Waals surface area (Å²) >= 11 is 8.34. The number of fused-ring (bicyclic) bond motifs is 1. The highest BCUT2D eigenvalue weighted by molar-refractivity contribution is 14.1. The highest BCUT2D eigenvalue weighted by Crippen LogP contribution is 2.23. The quantitative estimate of drug-likeness (QED) is 0.586. The molecule has 3 nitrogen and oxygen atoms in total. The lowest BCUT2D eigenvalue weighted by molar-refractivity contribution is 0.183. The Morgan fingerprint density at radius 2 is 2.37 bits per heavy atom. The molecule has 0 bridgehead atoms. The Labute approximate surface area is 131 Å². The summed E-state index contributed by atoms with van der Waals surface area (Å²) in [7, 11) is 0. The standard InChI is InChI=1S/C14H16ClIN2O/c15-8-14-17-12-7-11(16)1-2-13(12)18(14)5-3-10-4-6-19-9-10/h1-2,7,10H,3-6,8-9H2. The second-order valence-electron chi connectivity index (χ2n) is 4.96. The van der Waals surface area contributed by atoms with Gasteiger partial charge in [-0.25, -0.2) is 4.98 Å². The van der Waals surface area contributed by atoms with E-state index >= 15 is 0 Å². The highest BCUT2D eigenvalue weighted by Gasteiger charge is 2.17. The summed E-state index contributed by atoms with van der Waals surface area (Å²) in [6, 6.07) is 6.38. The van der Waals surface area contributed by atoms with Crippen molar-refractivity contribution in [3.63, 3.8) is 0 Å². The molecule has 0 aliphatic carbocycles. The van der Waals surface area contributed by atoms with Gasteiger partial charge < -0.3 is 9.30 Å². The molecule has 1 aromatic carbocycles. The molecular formula is C14H16ClIN2O. The minimum absolute atomic E-state index is 0.465. The number of nitrogens with zero attached hydrogens (tertiary/aromatic N) is 2. The third-order valence-corrected chi connectivity index (χ3v) is 4.60. The van der Waals surface area contributed by atoms with Gasteiger partial charge in [-0.05, 0) is 59.5 Å². The molecule has 1 aliphatic heterocycles. The number of aryl methyl sites for hydroxylation is 1. The van der Waals surface area contributed by atoms with E-state index in [1.165, 1.54) is 15.5 Å². The molecular weight excluding hydrogens is 375 g/mol. The first-order valence-electron chi connectivity index (χ1n) is 6.56. The average molecular weight is 391 g/mol. The van der Waals surface area contributed by atoms with Crippen LogP contribution in [0.4, 0.5) is 0 Å². The smallest absolute Gasteiger partial charge is 0.124 e. The van der Waals surface area contributed by atoms with Crippen LogP contribution in [0, 0.1) is 9.49 Å². The summed E-state index contributed by atoms with van der Waals surface area (Å²) in [5.41, 5.74) is 2.24. The number of ether oxygens (including phenoxy) is 1. The predicted octanol–water partition coefficient (Wildman–Crippen LogP) is 3.81. The van der Waals surface area contributed by atoms with Crippen molar-refractivity contribution in [1.82, 2.24) is 9.55 Å². The van der Waals surface area contributed by atoms with E-state index in [1.807, 2.05) is 0 Å². The number of rotatable bonds is 4. The second kappa shape index (κ2) is 5.97. The maximum Gasteiger partial charge on any atom is 0.124 e. The predicted molar refractivity (Wildman–Crippen MR) is 85.6 cm³/mol. The molecule has 0 radical (unpaired) electrons. The number of imidazole rings is 1. The van der Waals surface area contributed by atoms with E-state index in [1.54, 1.807) is 0 Å². The van der Waals surface area contributed by atoms with Crippen LogP contribution in [-0.4, -0.2) is 22.8 Å². The van der Waals surface area contributed by atoms with Crippen LogP contribution in [0.5, 0.6) is 0 Å². The molecule has 1 saturated heterocycles. The van der Waals surface area contributed by atoms with Crippen LogP contribution in [0.15, 0.2) is 18.2 Å². The van der Waals surface area contributed by atoms with Crippen LogP contribution in [0.1, 0.15) is 18.7 Å². The van der Waals surface area contributed by atoms with E-state index in [2.05, 4.69) is 50.3 Å². The monoisotopic (exact) mass is 390 g/mol. The Kier molecular flexibility index (Phi) is 4.29. The van der Waals surface area contributed by atoms with E-state index in [0.29, 0.717) is 11.8 Å². The topological polar surface area (TPSA) is 27.1 Å². The fourth-order valence-corrected chi connectivity index (χ4v) is 3.31. The lowest BCUT2D eigenvalue weighted by Crippen LogP contribution is -2.08. The zero-order chi connectivity index (χ0) is 13.2. The molecule has 1 unspecified atom stereocenters. The Bertz CT molecular complexity index is 578. The van der Waals surface area contributed by atoms with Crippen molar-refractivity contribution in [3.8, 4) is 0 Å². The molecule has 102 valence electrons. The average Bonchev–Trinajstić information content (AvgIpc) is 3.02. The van der Waals surface area contributed by atoms with E-state index in [0.717, 1.165) is 37.5 Å². The molecule has 1 atom stereocenters. The highest BCUT2D eigenvalue weighted by atomic mass is 127. The van der Waals surface area contributed by atoms with Crippen LogP contribution < -0.4 is 0 Å². The molecule has 19 heavy (non-hydrogen) atoms. The molecule has 0 spiro atoms. The van der Waals surface area contributed by atoms with Crippen LogP contribution in [-0.2, 0) is 17.2 Å². The first-order chi connectivity index (χ1) is 9.28. The Morgan fingerprint density at radius 1 is 1.47 bits per heavy atom. The minimum atomic E-state index is 0.465. The van der Waals surface area contributed by atoms with Crippen LogP contribution in [0.3, 0.4) is 0 Å². The van der Waals surface area contributed by atoms with Gasteiger partial charge in [0.1, 0.15) is 5.82 Å². The van der Waals surface area contributed by atoms with Crippen molar-refractivity contribution in [2.75, 3.05) is 13.2 Å². The third-order valence-electron chi connectivity index (χ3n) is 3.69. The normalized spacial score (nSPS) is 19.4. The van der Waals surface area contributed by atoms with Gasteiger partial charge in [0.05, 0.1) is 16.9 Å². The first kappa shape index (κ1) is 13.6. The summed E-state index contributed by atoms with van der Waals surface area (Å²) in [6.07, 6.45) is 2.32. The Morgan fingerprint density at radius 3 is 3.11 bits per heavy atom. The van der Waals surface area contributed by atoms with E-state index < -0.39 is 0 Å². The molecule has 5 heteroatoms. The zero-order valence-corrected chi connectivity index (χ0v) is 13.5. The van der Waals surface area contributed by atoms with Crippen molar-refractivity contribution in [2.24, 2.45) is 5.92 Å². The van der Waals surface area contributed by atoms with Gasteiger partial charge in [-0.15, -0.1) is 11.6 Å². The molecule has 1 aliphatic rings. The van der Waals surface area contributed by atoms with E-state index in [4.69, 9.17) is 16.3 Å². The van der Waals surface area contributed by atoms with Gasteiger partial charge in [0.25, 0.3) is 0 Å². The van der Waals surface area contributed by atoms with Gasteiger partial charge in [-0.1, -0.05) is 0 Å². The maximum absolute atomic E-state index is 6.03. The van der Waals surface area contributed by atoms with Gasteiger partial charge >= 0.3 is 0 Å². The third kappa shape index (κ3) is 2.90. The van der Waals surface area contributed by atoms with E-state index in [-0.39, 0.29) is 0 Å². The molecule has 0 amide bonds. The van der Waals surface area contributed by atoms with Gasteiger partial charge in [-0.3, -0.25) is 0 Å². The lowest BCUT2D eigenvalue weighted by Gasteiger charge is -2.11. The fourth-order valence-electron chi connectivity index (χ4n) is 2.63. The SMILES string of the molecule is ClCc1nc2cc(I)ccc2n1CCC1CCOC1. The van der Waals surface area contributed by atoms with Crippen LogP contribution in [0.25, 0.3) is 11.0 Å². The number of halogens is 2. The van der Waals surface area contributed by atoms with Crippen molar-refractivity contribution in [1.29, 1.82) is 0 Å². The molecule has 0 N–H and O–H groups in total. The summed E-state index contributed by atoms with van der Waals surface area (Å²) in [5, 5.41) is 0. The molecule has 2 aromatic rings. The van der Waals surface area contributed by atoms with Crippen molar-refractivity contribution >= 4 is 45.2 Å². The maximum atomic E-state index is 6.03. The van der Waals surface area contributed by atoms with Gasteiger partial charge in [-0.2, -0.15) is 0 Å². The first-order valence-corrected chi connectivity index (χ1v) is 8.17. The molecule has 3 rings (SSSR count). The molecule has 1 fully saturated rings. The number of benzene rings is 1.